The summed E-state index contributed by atoms with van der Waals surface area (Å²) in [5, 5.41) is 0. The first-order chi connectivity index (χ1) is 7.70. The normalized spacial score (nSPS) is 31.8. The Morgan fingerprint density at radius 2 is 1.94 bits per heavy atom. The molecule has 0 amide bonds. The first kappa shape index (κ1) is 10.2. The van der Waals surface area contributed by atoms with E-state index < -0.39 is 0 Å². The van der Waals surface area contributed by atoms with Gasteiger partial charge in [-0.05, 0) is 53.4 Å². The predicted molar refractivity (Wildman–Crippen MR) is 66.3 cm³/mol. The van der Waals surface area contributed by atoms with Crippen LogP contribution in [0.5, 0.6) is 5.75 Å². The largest absolute Gasteiger partial charge is 0.493 e. The summed E-state index contributed by atoms with van der Waals surface area (Å²) in [5.74, 6) is 3.32. The highest BCUT2D eigenvalue weighted by Crippen LogP contribution is 2.49. The van der Waals surface area contributed by atoms with E-state index in [0.29, 0.717) is 11.8 Å². The van der Waals surface area contributed by atoms with Crippen LogP contribution in [-0.4, -0.2) is 6.61 Å². The third-order valence-corrected chi connectivity index (χ3v) is 4.70. The maximum atomic E-state index is 5.77. The predicted octanol–water partition coefficient (Wildman–Crippen LogP) is 3.87. The second-order valence-corrected chi connectivity index (χ2v) is 5.43. The molecule has 3 unspecified atom stereocenters. The number of fused-ring (bicyclic) bond motifs is 3. The van der Waals surface area contributed by atoms with E-state index in [1.165, 1.54) is 18.4 Å². The molecule has 0 spiro atoms. The average molecular weight is 216 g/mol. The summed E-state index contributed by atoms with van der Waals surface area (Å²) >= 11 is 0. The van der Waals surface area contributed by atoms with E-state index in [1.54, 1.807) is 11.1 Å². The van der Waals surface area contributed by atoms with Gasteiger partial charge in [-0.25, -0.2) is 0 Å². The Bertz CT molecular complexity index is 422. The summed E-state index contributed by atoms with van der Waals surface area (Å²) in [5.41, 5.74) is 4.69. The SMILES string of the molecule is CC1c2ccc3c(c2C(C)C1C)CCCO3. The Kier molecular flexibility index (Phi) is 2.24. The fraction of sp³-hybridized carbons (Fsp3) is 0.600. The van der Waals surface area contributed by atoms with Crippen LogP contribution < -0.4 is 4.74 Å². The van der Waals surface area contributed by atoms with Crippen LogP contribution in [0.3, 0.4) is 0 Å². The van der Waals surface area contributed by atoms with E-state index in [4.69, 9.17) is 4.74 Å². The van der Waals surface area contributed by atoms with Crippen LogP contribution in [0.15, 0.2) is 12.1 Å². The van der Waals surface area contributed by atoms with Crippen molar-refractivity contribution in [2.24, 2.45) is 5.92 Å². The summed E-state index contributed by atoms with van der Waals surface area (Å²) in [4.78, 5) is 0. The van der Waals surface area contributed by atoms with Crippen molar-refractivity contribution < 1.29 is 4.74 Å². The standard InChI is InChI=1S/C15H20O/c1-9-10(2)12-6-7-14-13(5-4-8-16-14)15(12)11(9)3/h6-7,9-11H,4-5,8H2,1-3H3. The van der Waals surface area contributed by atoms with Gasteiger partial charge in [-0.2, -0.15) is 0 Å². The van der Waals surface area contributed by atoms with Crippen molar-refractivity contribution in [3.63, 3.8) is 0 Å². The molecular formula is C15H20O. The number of hydrogen-bond acceptors (Lipinski definition) is 1. The van der Waals surface area contributed by atoms with Gasteiger partial charge in [0.05, 0.1) is 6.61 Å². The molecule has 1 aromatic rings. The molecule has 1 aromatic carbocycles. The third-order valence-electron chi connectivity index (χ3n) is 4.70. The summed E-state index contributed by atoms with van der Waals surface area (Å²) in [6.45, 7) is 8.02. The zero-order valence-electron chi connectivity index (χ0n) is 10.4. The minimum Gasteiger partial charge on any atom is -0.493 e. The summed E-state index contributed by atoms with van der Waals surface area (Å²) in [6, 6.07) is 4.48. The van der Waals surface area contributed by atoms with Crippen molar-refractivity contribution in [1.29, 1.82) is 0 Å². The van der Waals surface area contributed by atoms with Crippen LogP contribution in [0.2, 0.25) is 0 Å². The van der Waals surface area contributed by atoms with Gasteiger partial charge in [0, 0.05) is 0 Å². The fourth-order valence-corrected chi connectivity index (χ4v) is 3.40. The fourth-order valence-electron chi connectivity index (χ4n) is 3.40. The van der Waals surface area contributed by atoms with Crippen LogP contribution in [0.25, 0.3) is 0 Å². The summed E-state index contributed by atoms with van der Waals surface area (Å²) in [7, 11) is 0. The molecule has 2 aliphatic rings. The topological polar surface area (TPSA) is 9.23 Å². The maximum absolute atomic E-state index is 5.77. The van der Waals surface area contributed by atoms with Crippen LogP contribution >= 0.6 is 0 Å². The molecule has 1 aliphatic heterocycles. The van der Waals surface area contributed by atoms with Gasteiger partial charge in [0.25, 0.3) is 0 Å². The van der Waals surface area contributed by atoms with E-state index in [9.17, 15) is 0 Å². The van der Waals surface area contributed by atoms with E-state index in [0.717, 1.165) is 18.3 Å². The summed E-state index contributed by atoms with van der Waals surface area (Å²) < 4.78 is 5.77. The Morgan fingerprint density at radius 1 is 1.12 bits per heavy atom. The molecular weight excluding hydrogens is 196 g/mol. The van der Waals surface area contributed by atoms with Gasteiger partial charge in [0.1, 0.15) is 5.75 Å². The lowest BCUT2D eigenvalue weighted by Gasteiger charge is -2.22. The van der Waals surface area contributed by atoms with E-state index in [1.807, 2.05) is 0 Å². The van der Waals surface area contributed by atoms with Gasteiger partial charge in [-0.15, -0.1) is 0 Å². The molecule has 1 heteroatoms. The second-order valence-electron chi connectivity index (χ2n) is 5.43. The van der Waals surface area contributed by atoms with Crippen molar-refractivity contribution in [3.05, 3.63) is 28.8 Å². The number of ether oxygens (including phenoxy) is 1. The molecule has 0 saturated carbocycles. The molecule has 0 aromatic heterocycles. The van der Waals surface area contributed by atoms with Crippen molar-refractivity contribution >= 4 is 0 Å². The van der Waals surface area contributed by atoms with Crippen molar-refractivity contribution in [3.8, 4) is 5.75 Å². The highest BCUT2D eigenvalue weighted by atomic mass is 16.5. The van der Waals surface area contributed by atoms with Crippen LogP contribution in [0, 0.1) is 5.92 Å². The second kappa shape index (κ2) is 3.51. The highest BCUT2D eigenvalue weighted by molar-refractivity contribution is 5.52. The first-order valence-corrected chi connectivity index (χ1v) is 6.48. The van der Waals surface area contributed by atoms with Gasteiger partial charge in [0.2, 0.25) is 0 Å². The van der Waals surface area contributed by atoms with Crippen LogP contribution in [-0.2, 0) is 6.42 Å². The Morgan fingerprint density at radius 3 is 2.75 bits per heavy atom. The lowest BCUT2D eigenvalue weighted by atomic mass is 9.89. The molecule has 86 valence electrons. The number of hydrogen-bond donors (Lipinski definition) is 0. The maximum Gasteiger partial charge on any atom is 0.122 e. The van der Waals surface area contributed by atoms with Gasteiger partial charge in [0.15, 0.2) is 0 Å². The van der Waals surface area contributed by atoms with Crippen molar-refractivity contribution in [2.75, 3.05) is 6.61 Å². The molecule has 1 nitrogen and oxygen atoms in total. The van der Waals surface area contributed by atoms with E-state index in [2.05, 4.69) is 32.9 Å². The van der Waals surface area contributed by atoms with Crippen LogP contribution in [0.4, 0.5) is 0 Å². The minimum atomic E-state index is 0.696. The molecule has 3 atom stereocenters. The van der Waals surface area contributed by atoms with Gasteiger partial charge >= 0.3 is 0 Å². The molecule has 0 fully saturated rings. The van der Waals surface area contributed by atoms with Crippen molar-refractivity contribution in [2.45, 2.75) is 45.4 Å². The minimum absolute atomic E-state index is 0.696. The molecule has 16 heavy (non-hydrogen) atoms. The monoisotopic (exact) mass is 216 g/mol. The first-order valence-electron chi connectivity index (χ1n) is 6.48. The molecule has 0 bridgehead atoms. The highest BCUT2D eigenvalue weighted by Gasteiger charge is 2.35. The zero-order chi connectivity index (χ0) is 11.3. The molecule has 0 radical (unpaired) electrons. The Balaban J connectivity index is 2.18. The quantitative estimate of drug-likeness (QED) is 0.639. The molecule has 0 saturated heterocycles. The Hall–Kier alpha value is -0.980. The zero-order valence-corrected chi connectivity index (χ0v) is 10.4. The summed E-state index contributed by atoms with van der Waals surface area (Å²) in [6.07, 6.45) is 2.39. The lowest BCUT2D eigenvalue weighted by Crippen LogP contribution is -2.11. The molecule has 3 rings (SSSR count). The number of rotatable bonds is 0. The molecule has 0 N–H and O–H groups in total. The third kappa shape index (κ3) is 1.24. The van der Waals surface area contributed by atoms with E-state index in [-0.39, 0.29) is 0 Å². The Labute approximate surface area is 97.8 Å². The van der Waals surface area contributed by atoms with Gasteiger partial charge in [-0.3, -0.25) is 0 Å². The lowest BCUT2D eigenvalue weighted by molar-refractivity contribution is 0.287. The molecule has 1 heterocycles. The van der Waals surface area contributed by atoms with Crippen LogP contribution in [0.1, 0.15) is 55.7 Å². The average Bonchev–Trinajstić information content (AvgIpc) is 2.55. The van der Waals surface area contributed by atoms with Gasteiger partial charge < -0.3 is 4.74 Å². The van der Waals surface area contributed by atoms with Gasteiger partial charge in [-0.1, -0.05) is 26.8 Å². The number of benzene rings is 1. The molecule has 1 aliphatic carbocycles. The van der Waals surface area contributed by atoms with Crippen molar-refractivity contribution in [1.82, 2.24) is 0 Å². The van der Waals surface area contributed by atoms with E-state index >= 15 is 0 Å². The smallest absolute Gasteiger partial charge is 0.122 e.